The van der Waals surface area contributed by atoms with Crippen LogP contribution in [0.2, 0.25) is 0 Å². The molecule has 1 unspecified atom stereocenters. The molecule has 24 heavy (non-hydrogen) atoms. The highest BCUT2D eigenvalue weighted by atomic mass is 32.1. The highest BCUT2D eigenvalue weighted by Gasteiger charge is 2.37. The summed E-state index contributed by atoms with van der Waals surface area (Å²) in [5, 5.41) is 11.7. The lowest BCUT2D eigenvalue weighted by atomic mass is 9.87. The van der Waals surface area contributed by atoms with Crippen molar-refractivity contribution in [3.63, 3.8) is 0 Å². The van der Waals surface area contributed by atoms with E-state index in [1.165, 1.54) is 11.3 Å². The molecule has 2 aromatic rings. The fourth-order valence-corrected chi connectivity index (χ4v) is 3.55. The quantitative estimate of drug-likeness (QED) is 0.792. The number of carbonyl (C=O) groups excluding carboxylic acids is 1. The number of nitrogens with zero attached hydrogens (tertiary/aromatic N) is 2. The normalized spacial score (nSPS) is 17.5. The molecule has 0 spiro atoms. The molecule has 1 aliphatic heterocycles. The Morgan fingerprint density at radius 3 is 2.75 bits per heavy atom. The standard InChI is InChI=1S/C18H16N2O3S/c1-3-22-18(21)15-12(2)23-17(20-8-4-5-9-20)13(11-19)16(15)14-7-6-10-24-14/h4-10,16H,3H2,1-2H3. The number of rotatable bonds is 4. The Balaban J connectivity index is 2.18. The average molecular weight is 340 g/mol. The van der Waals surface area contributed by atoms with Crippen LogP contribution in [0, 0.1) is 11.3 Å². The molecule has 1 atom stereocenters. The second-order valence-corrected chi connectivity index (χ2v) is 6.14. The Labute approximate surface area is 144 Å². The number of thiophene rings is 1. The van der Waals surface area contributed by atoms with Gasteiger partial charge in [0.15, 0.2) is 0 Å². The number of hydrogen-bond donors (Lipinski definition) is 0. The van der Waals surface area contributed by atoms with Crippen molar-refractivity contribution in [3.8, 4) is 6.07 Å². The molecule has 0 N–H and O–H groups in total. The van der Waals surface area contributed by atoms with Gasteiger partial charge in [0.05, 0.1) is 18.1 Å². The van der Waals surface area contributed by atoms with Crippen LogP contribution < -0.4 is 0 Å². The van der Waals surface area contributed by atoms with Crippen molar-refractivity contribution >= 4 is 23.2 Å². The van der Waals surface area contributed by atoms with Gasteiger partial charge in [-0.3, -0.25) is 4.57 Å². The molecule has 0 bridgehead atoms. The maximum absolute atomic E-state index is 12.5. The minimum absolute atomic E-state index is 0.267. The van der Waals surface area contributed by atoms with Gasteiger partial charge in [0.2, 0.25) is 5.88 Å². The van der Waals surface area contributed by atoms with Gasteiger partial charge >= 0.3 is 5.97 Å². The van der Waals surface area contributed by atoms with Crippen LogP contribution in [-0.2, 0) is 14.3 Å². The lowest BCUT2D eigenvalue weighted by Gasteiger charge is -2.27. The molecule has 3 rings (SSSR count). The fourth-order valence-electron chi connectivity index (χ4n) is 2.71. The molecule has 0 amide bonds. The summed E-state index contributed by atoms with van der Waals surface area (Å²) in [4.78, 5) is 13.4. The number of allylic oxidation sites excluding steroid dienone is 2. The van der Waals surface area contributed by atoms with E-state index in [9.17, 15) is 10.1 Å². The SMILES string of the molecule is CCOC(=O)C1=C(C)OC(n2cccc2)=C(C#N)C1c1cccs1. The first-order chi connectivity index (χ1) is 11.7. The van der Waals surface area contributed by atoms with Gasteiger partial charge in [-0.25, -0.2) is 4.79 Å². The summed E-state index contributed by atoms with van der Waals surface area (Å²) in [5.74, 6) is -0.0612. The second kappa shape index (κ2) is 6.77. The van der Waals surface area contributed by atoms with Gasteiger partial charge in [0, 0.05) is 17.3 Å². The van der Waals surface area contributed by atoms with Crippen molar-refractivity contribution in [2.45, 2.75) is 19.8 Å². The maximum atomic E-state index is 12.5. The summed E-state index contributed by atoms with van der Waals surface area (Å²) in [7, 11) is 0. The van der Waals surface area contributed by atoms with Gasteiger partial charge in [0.25, 0.3) is 0 Å². The third-order valence-electron chi connectivity index (χ3n) is 3.72. The van der Waals surface area contributed by atoms with Crippen LogP contribution >= 0.6 is 11.3 Å². The Morgan fingerprint density at radius 1 is 1.42 bits per heavy atom. The molecule has 3 heterocycles. The van der Waals surface area contributed by atoms with Gasteiger partial charge in [-0.05, 0) is 37.4 Å². The number of hydrogen-bond acceptors (Lipinski definition) is 5. The smallest absolute Gasteiger partial charge is 0.338 e. The van der Waals surface area contributed by atoms with E-state index in [2.05, 4.69) is 6.07 Å². The molecule has 6 heteroatoms. The molecule has 0 saturated carbocycles. The Hall–Kier alpha value is -2.78. The topological polar surface area (TPSA) is 64.2 Å². The van der Waals surface area contributed by atoms with Gasteiger partial charge < -0.3 is 9.47 Å². The number of aromatic nitrogens is 1. The fraction of sp³-hybridized carbons (Fsp3) is 0.222. The van der Waals surface area contributed by atoms with Crippen molar-refractivity contribution < 1.29 is 14.3 Å². The summed E-state index contributed by atoms with van der Waals surface area (Å²) in [6.07, 6.45) is 3.61. The van der Waals surface area contributed by atoms with Crippen LogP contribution in [0.1, 0.15) is 24.6 Å². The summed E-state index contributed by atoms with van der Waals surface area (Å²) >= 11 is 1.50. The predicted molar refractivity (Wildman–Crippen MR) is 90.7 cm³/mol. The number of nitriles is 1. The van der Waals surface area contributed by atoms with E-state index in [1.807, 2.05) is 29.6 Å². The molecule has 0 aromatic carbocycles. The van der Waals surface area contributed by atoms with Crippen molar-refractivity contribution in [2.75, 3.05) is 6.61 Å². The van der Waals surface area contributed by atoms with E-state index in [0.717, 1.165) is 4.88 Å². The molecule has 0 fully saturated rings. The molecular formula is C18H16N2O3S. The van der Waals surface area contributed by atoms with E-state index >= 15 is 0 Å². The van der Waals surface area contributed by atoms with E-state index in [0.29, 0.717) is 22.8 Å². The summed E-state index contributed by atoms with van der Waals surface area (Å²) in [5.41, 5.74) is 0.772. The van der Waals surface area contributed by atoms with Gasteiger partial charge in [-0.15, -0.1) is 11.3 Å². The number of carbonyl (C=O) groups is 1. The van der Waals surface area contributed by atoms with Crippen LogP contribution in [0.25, 0.3) is 5.88 Å². The van der Waals surface area contributed by atoms with Crippen molar-refractivity contribution in [1.82, 2.24) is 4.57 Å². The Morgan fingerprint density at radius 2 is 2.17 bits per heavy atom. The zero-order chi connectivity index (χ0) is 17.1. The second-order valence-electron chi connectivity index (χ2n) is 5.16. The van der Waals surface area contributed by atoms with Gasteiger partial charge in [0.1, 0.15) is 17.4 Å². The first kappa shape index (κ1) is 16.1. The van der Waals surface area contributed by atoms with Crippen LogP contribution in [0.3, 0.4) is 0 Å². The minimum atomic E-state index is -0.486. The monoisotopic (exact) mass is 340 g/mol. The average Bonchev–Trinajstić information content (AvgIpc) is 3.27. The lowest BCUT2D eigenvalue weighted by Crippen LogP contribution is -2.23. The first-order valence-electron chi connectivity index (χ1n) is 7.54. The summed E-state index contributed by atoms with van der Waals surface area (Å²) < 4.78 is 12.8. The summed E-state index contributed by atoms with van der Waals surface area (Å²) in [6, 6.07) is 9.75. The van der Waals surface area contributed by atoms with Gasteiger partial charge in [-0.1, -0.05) is 6.07 Å². The van der Waals surface area contributed by atoms with E-state index in [-0.39, 0.29) is 6.61 Å². The third kappa shape index (κ3) is 2.74. The lowest BCUT2D eigenvalue weighted by molar-refractivity contribution is -0.139. The predicted octanol–water partition coefficient (Wildman–Crippen LogP) is 3.89. The molecule has 0 radical (unpaired) electrons. The van der Waals surface area contributed by atoms with Crippen molar-refractivity contribution in [2.24, 2.45) is 0 Å². The van der Waals surface area contributed by atoms with E-state index in [4.69, 9.17) is 9.47 Å². The Kier molecular flexibility index (Phi) is 4.54. The van der Waals surface area contributed by atoms with Crippen LogP contribution in [0.5, 0.6) is 0 Å². The van der Waals surface area contributed by atoms with E-state index in [1.54, 1.807) is 30.8 Å². The zero-order valence-electron chi connectivity index (χ0n) is 13.4. The number of ether oxygens (including phenoxy) is 2. The molecule has 5 nitrogen and oxygen atoms in total. The maximum Gasteiger partial charge on any atom is 0.338 e. The number of esters is 1. The van der Waals surface area contributed by atoms with Crippen LogP contribution in [0.4, 0.5) is 0 Å². The van der Waals surface area contributed by atoms with E-state index < -0.39 is 11.9 Å². The third-order valence-corrected chi connectivity index (χ3v) is 4.66. The van der Waals surface area contributed by atoms with Crippen molar-refractivity contribution in [3.05, 3.63) is 63.8 Å². The molecule has 2 aromatic heterocycles. The largest absolute Gasteiger partial charge is 0.463 e. The molecular weight excluding hydrogens is 324 g/mol. The van der Waals surface area contributed by atoms with Crippen molar-refractivity contribution in [1.29, 1.82) is 5.26 Å². The highest BCUT2D eigenvalue weighted by Crippen LogP contribution is 2.43. The Bertz CT molecular complexity index is 839. The van der Waals surface area contributed by atoms with Gasteiger partial charge in [-0.2, -0.15) is 5.26 Å². The highest BCUT2D eigenvalue weighted by molar-refractivity contribution is 7.10. The molecule has 0 saturated heterocycles. The molecule has 1 aliphatic rings. The minimum Gasteiger partial charge on any atom is -0.463 e. The van der Waals surface area contributed by atoms with Crippen LogP contribution in [0.15, 0.2) is 58.9 Å². The van der Waals surface area contributed by atoms with Crippen LogP contribution in [-0.4, -0.2) is 17.1 Å². The first-order valence-corrected chi connectivity index (χ1v) is 8.42. The molecule has 0 aliphatic carbocycles. The molecule has 122 valence electrons. The summed E-state index contributed by atoms with van der Waals surface area (Å²) in [6.45, 7) is 3.75. The zero-order valence-corrected chi connectivity index (χ0v) is 14.2.